The maximum atomic E-state index is 6.98. The van der Waals surface area contributed by atoms with E-state index in [-0.39, 0.29) is 0 Å². The molecule has 2 nitrogen and oxygen atoms in total. The molecule has 0 bridgehead atoms. The van der Waals surface area contributed by atoms with Crippen molar-refractivity contribution in [3.05, 3.63) is 259 Å². The molecule has 0 saturated heterocycles. The summed E-state index contributed by atoms with van der Waals surface area (Å²) in [7, 11) is 0. The summed E-state index contributed by atoms with van der Waals surface area (Å²) >= 11 is 0. The van der Waals surface area contributed by atoms with Gasteiger partial charge >= 0.3 is 0 Å². The molecular formula is C59H39NO. The van der Waals surface area contributed by atoms with Gasteiger partial charge in [0.05, 0.1) is 11.1 Å². The van der Waals surface area contributed by atoms with E-state index in [1.807, 2.05) is 0 Å². The van der Waals surface area contributed by atoms with Crippen LogP contribution in [0.1, 0.15) is 22.3 Å². The highest BCUT2D eigenvalue weighted by Gasteiger charge is 2.51. The van der Waals surface area contributed by atoms with E-state index in [9.17, 15) is 0 Å². The average molecular weight is 778 g/mol. The Morgan fingerprint density at radius 2 is 0.803 bits per heavy atom. The molecule has 1 aliphatic carbocycles. The van der Waals surface area contributed by atoms with Gasteiger partial charge in [-0.1, -0.05) is 182 Å². The second-order valence-corrected chi connectivity index (χ2v) is 16.0. The van der Waals surface area contributed by atoms with Crippen LogP contribution in [0, 0.1) is 0 Å². The number of rotatable bonds is 6. The maximum absolute atomic E-state index is 6.98. The number of hydrogen-bond donors (Lipinski definition) is 0. The topological polar surface area (TPSA) is 12.5 Å². The zero-order chi connectivity index (χ0) is 40.3. The van der Waals surface area contributed by atoms with Gasteiger partial charge in [0.1, 0.15) is 11.5 Å². The van der Waals surface area contributed by atoms with Crippen LogP contribution >= 0.6 is 0 Å². The normalized spacial score (nSPS) is 12.9. The lowest BCUT2D eigenvalue weighted by atomic mass is 9.65. The Balaban J connectivity index is 1.15. The Labute approximate surface area is 356 Å². The largest absolute Gasteiger partial charge is 0.457 e. The number of anilines is 3. The van der Waals surface area contributed by atoms with Gasteiger partial charge in [0.15, 0.2) is 0 Å². The van der Waals surface area contributed by atoms with Crippen LogP contribution < -0.4 is 9.64 Å². The van der Waals surface area contributed by atoms with Crippen LogP contribution in [-0.2, 0) is 5.41 Å². The van der Waals surface area contributed by atoms with Gasteiger partial charge in [-0.15, -0.1) is 0 Å². The maximum Gasteiger partial charge on any atom is 0.132 e. The van der Waals surface area contributed by atoms with E-state index in [1.54, 1.807) is 0 Å². The average Bonchev–Trinajstić information content (AvgIpc) is 3.62. The summed E-state index contributed by atoms with van der Waals surface area (Å²) in [6, 6.07) is 86.0. The van der Waals surface area contributed by atoms with Crippen molar-refractivity contribution in [2.75, 3.05) is 4.90 Å². The zero-order valence-electron chi connectivity index (χ0n) is 33.4. The van der Waals surface area contributed by atoms with Crippen LogP contribution in [0.3, 0.4) is 0 Å². The summed E-state index contributed by atoms with van der Waals surface area (Å²) in [5.74, 6) is 1.74. The molecule has 0 fully saturated rings. The summed E-state index contributed by atoms with van der Waals surface area (Å²) in [5.41, 5.74) is 16.9. The second-order valence-electron chi connectivity index (χ2n) is 16.0. The van der Waals surface area contributed by atoms with Gasteiger partial charge < -0.3 is 9.64 Å². The molecule has 1 spiro atoms. The lowest BCUT2D eigenvalue weighted by Gasteiger charge is -2.40. The van der Waals surface area contributed by atoms with E-state index in [4.69, 9.17) is 4.74 Å². The first-order valence-corrected chi connectivity index (χ1v) is 21.0. The molecule has 0 unspecified atom stereocenters. The van der Waals surface area contributed by atoms with E-state index in [0.29, 0.717) is 0 Å². The van der Waals surface area contributed by atoms with Gasteiger partial charge in [-0.3, -0.25) is 0 Å². The molecule has 0 radical (unpaired) electrons. The number of fused-ring (bicyclic) bond motifs is 10. The Morgan fingerprint density at radius 3 is 1.46 bits per heavy atom. The Bertz CT molecular complexity index is 3170. The lowest BCUT2D eigenvalue weighted by Crippen LogP contribution is -2.32. The Hall–Kier alpha value is -7.94. The minimum atomic E-state index is -0.692. The van der Waals surface area contributed by atoms with Crippen LogP contribution in [0.25, 0.3) is 55.3 Å². The van der Waals surface area contributed by atoms with Gasteiger partial charge in [0, 0.05) is 27.9 Å². The highest BCUT2D eigenvalue weighted by Crippen LogP contribution is 2.63. The molecule has 2 aliphatic rings. The molecule has 2 heteroatoms. The van der Waals surface area contributed by atoms with E-state index in [1.165, 1.54) is 55.3 Å². The van der Waals surface area contributed by atoms with Crippen LogP contribution in [0.5, 0.6) is 11.5 Å². The van der Waals surface area contributed by atoms with Gasteiger partial charge in [0.2, 0.25) is 0 Å². The van der Waals surface area contributed by atoms with Gasteiger partial charge in [-0.2, -0.15) is 0 Å². The highest BCUT2D eigenvalue weighted by molar-refractivity contribution is 6.00. The minimum absolute atomic E-state index is 0.692. The standard InChI is InChI=1S/C59H39NO/c1-4-15-40(16-5-1)43-27-31-47(32-28-43)60(56-26-14-22-44-21-10-11-23-49(44)56)48-33-34-51-50-24-12-13-25-52(50)59(53(51)39-48)54-37-45(41-17-6-2-7-18-41)29-35-57(54)61-58-36-30-46(38-55(58)59)42-19-8-3-9-20-42/h1-39H. The zero-order valence-corrected chi connectivity index (χ0v) is 33.4. The van der Waals surface area contributed by atoms with Crippen molar-refractivity contribution in [1.82, 2.24) is 0 Å². The SMILES string of the molecule is c1ccc(-c2ccc(N(c3ccc4c(c3)C3(c5cc(-c6ccccc6)ccc5Oc5ccc(-c6ccccc6)cc53)c3ccccc3-4)c3cccc4ccccc34)cc2)cc1. The van der Waals surface area contributed by atoms with Gasteiger partial charge in [-0.05, 0) is 116 Å². The van der Waals surface area contributed by atoms with Crippen molar-refractivity contribution in [3.8, 4) is 56.0 Å². The van der Waals surface area contributed by atoms with Gasteiger partial charge in [0.25, 0.3) is 0 Å². The molecule has 0 saturated carbocycles. The van der Waals surface area contributed by atoms with Gasteiger partial charge in [-0.25, -0.2) is 0 Å². The van der Waals surface area contributed by atoms with Crippen LogP contribution in [0.15, 0.2) is 237 Å². The van der Waals surface area contributed by atoms with Crippen molar-refractivity contribution >= 4 is 27.8 Å². The lowest BCUT2D eigenvalue weighted by molar-refractivity contribution is 0.436. The number of ether oxygens (including phenoxy) is 1. The summed E-state index contributed by atoms with van der Waals surface area (Å²) in [6.45, 7) is 0. The molecular weight excluding hydrogens is 739 g/mol. The first-order valence-electron chi connectivity index (χ1n) is 21.0. The summed E-state index contributed by atoms with van der Waals surface area (Å²) in [5, 5.41) is 2.39. The summed E-state index contributed by atoms with van der Waals surface area (Å²) < 4.78 is 6.98. The monoisotopic (exact) mass is 777 g/mol. The quantitative estimate of drug-likeness (QED) is 0.167. The third-order valence-electron chi connectivity index (χ3n) is 12.7. The summed E-state index contributed by atoms with van der Waals surface area (Å²) in [4.78, 5) is 2.44. The predicted octanol–water partition coefficient (Wildman–Crippen LogP) is 15.8. The highest BCUT2D eigenvalue weighted by atomic mass is 16.5. The van der Waals surface area contributed by atoms with Crippen LogP contribution in [0.4, 0.5) is 17.1 Å². The first-order chi connectivity index (χ1) is 30.2. The molecule has 61 heavy (non-hydrogen) atoms. The predicted molar refractivity (Wildman–Crippen MR) is 252 cm³/mol. The van der Waals surface area contributed by atoms with E-state index < -0.39 is 5.41 Å². The fraction of sp³-hybridized carbons (Fsp3) is 0.0169. The third kappa shape index (κ3) is 5.57. The van der Waals surface area contributed by atoms with Crippen LogP contribution in [0.2, 0.25) is 0 Å². The molecule has 0 atom stereocenters. The van der Waals surface area contributed by atoms with E-state index in [2.05, 4.69) is 241 Å². The minimum Gasteiger partial charge on any atom is -0.457 e. The van der Waals surface area contributed by atoms with Crippen molar-refractivity contribution in [2.24, 2.45) is 0 Å². The number of hydrogen-bond acceptors (Lipinski definition) is 2. The van der Waals surface area contributed by atoms with Crippen LogP contribution in [-0.4, -0.2) is 0 Å². The fourth-order valence-electron chi connectivity index (χ4n) is 9.96. The smallest absolute Gasteiger partial charge is 0.132 e. The van der Waals surface area contributed by atoms with Crippen molar-refractivity contribution in [1.29, 1.82) is 0 Å². The molecule has 286 valence electrons. The number of benzene rings is 10. The van der Waals surface area contributed by atoms with E-state index >= 15 is 0 Å². The molecule has 1 heterocycles. The Kier molecular flexibility index (Phi) is 8.11. The first kappa shape index (κ1) is 35.0. The van der Waals surface area contributed by atoms with Crippen molar-refractivity contribution in [3.63, 3.8) is 0 Å². The van der Waals surface area contributed by atoms with Crippen molar-refractivity contribution < 1.29 is 4.74 Å². The molecule has 10 aromatic rings. The fourth-order valence-corrected chi connectivity index (χ4v) is 9.96. The molecule has 0 N–H and O–H groups in total. The molecule has 10 aromatic carbocycles. The molecule has 0 aromatic heterocycles. The van der Waals surface area contributed by atoms with Crippen molar-refractivity contribution in [2.45, 2.75) is 5.41 Å². The second kappa shape index (κ2) is 14.1. The molecule has 1 aliphatic heterocycles. The van der Waals surface area contributed by atoms with E-state index in [0.717, 1.165) is 50.8 Å². The third-order valence-corrected chi connectivity index (χ3v) is 12.7. The summed E-state index contributed by atoms with van der Waals surface area (Å²) in [6.07, 6.45) is 0. The number of nitrogens with zero attached hydrogens (tertiary/aromatic N) is 1. The molecule has 12 rings (SSSR count). The Morgan fingerprint density at radius 1 is 0.311 bits per heavy atom. The molecule has 0 amide bonds.